The van der Waals surface area contributed by atoms with Crippen molar-refractivity contribution in [2.45, 2.75) is 0 Å². The number of benzene rings is 11. The monoisotopic (exact) mass is 737 g/mol. The van der Waals surface area contributed by atoms with Crippen molar-refractivity contribution in [2.24, 2.45) is 0 Å². The lowest BCUT2D eigenvalue weighted by Crippen LogP contribution is -2.10. The van der Waals surface area contributed by atoms with Crippen molar-refractivity contribution in [3.8, 4) is 22.3 Å². The predicted molar refractivity (Wildman–Crippen MR) is 247 cm³/mol. The summed E-state index contributed by atoms with van der Waals surface area (Å²) in [7, 11) is 0. The molecule has 0 aliphatic carbocycles. The Morgan fingerprint density at radius 3 is 1.59 bits per heavy atom. The van der Waals surface area contributed by atoms with Gasteiger partial charge in [0.05, 0.1) is 11.1 Å². The molecule has 58 heavy (non-hydrogen) atoms. The van der Waals surface area contributed by atoms with Crippen LogP contribution in [0.5, 0.6) is 0 Å². The maximum absolute atomic E-state index is 6.78. The van der Waals surface area contributed by atoms with Crippen molar-refractivity contribution in [3.05, 3.63) is 212 Å². The standard InChI is InChI=1S/C56H35NO/c1-3-16-38(17-4-1)53-48-23-12-11-22-46(48)47-33-30-42(35-50(47)54(53)39-18-5-2-6-19-39)57(41-29-32-44-40(34-41)27-26-36-14-7-9-20-43(36)44)51-24-13-25-52-55(51)49-31-28-37-15-8-10-21-45(37)56(49)58-52/h1-35H. The Hall–Kier alpha value is -7.68. The SMILES string of the molecule is c1ccc(-c2c(-c3ccccc3)c3cc(N(c4ccc5c(ccc6ccccc65)c4)c4cccc5oc6c7ccccc7ccc6c45)ccc3c3ccccc23)cc1. The zero-order valence-corrected chi connectivity index (χ0v) is 31.6. The number of hydrogen-bond acceptors (Lipinski definition) is 2. The Morgan fingerprint density at radius 1 is 0.310 bits per heavy atom. The fourth-order valence-electron chi connectivity index (χ4n) is 9.42. The summed E-state index contributed by atoms with van der Waals surface area (Å²) in [5.74, 6) is 0. The number of anilines is 3. The van der Waals surface area contributed by atoms with Crippen LogP contribution in [0.15, 0.2) is 217 Å². The summed E-state index contributed by atoms with van der Waals surface area (Å²) in [6.07, 6.45) is 0. The van der Waals surface area contributed by atoms with E-state index < -0.39 is 0 Å². The van der Waals surface area contributed by atoms with Crippen LogP contribution in [0.25, 0.3) is 98.1 Å². The first kappa shape index (κ1) is 32.6. The molecule has 11 aromatic carbocycles. The van der Waals surface area contributed by atoms with Gasteiger partial charge >= 0.3 is 0 Å². The van der Waals surface area contributed by atoms with E-state index in [4.69, 9.17) is 4.42 Å². The molecular formula is C56H35NO. The maximum atomic E-state index is 6.78. The average Bonchev–Trinajstić information content (AvgIpc) is 3.69. The van der Waals surface area contributed by atoms with Crippen LogP contribution in [-0.4, -0.2) is 0 Å². The van der Waals surface area contributed by atoms with Crippen LogP contribution >= 0.6 is 0 Å². The van der Waals surface area contributed by atoms with Crippen LogP contribution in [0.1, 0.15) is 0 Å². The zero-order chi connectivity index (χ0) is 38.2. The molecule has 2 nitrogen and oxygen atoms in total. The first-order valence-electron chi connectivity index (χ1n) is 19.9. The highest BCUT2D eigenvalue weighted by Crippen LogP contribution is 2.49. The molecular weight excluding hydrogens is 703 g/mol. The van der Waals surface area contributed by atoms with Crippen molar-refractivity contribution >= 4 is 92.9 Å². The highest BCUT2D eigenvalue weighted by molar-refractivity contribution is 6.23. The second kappa shape index (κ2) is 12.9. The van der Waals surface area contributed by atoms with E-state index in [1.165, 1.54) is 70.7 Å². The van der Waals surface area contributed by atoms with Gasteiger partial charge in [0, 0.05) is 22.1 Å². The zero-order valence-electron chi connectivity index (χ0n) is 31.6. The largest absolute Gasteiger partial charge is 0.455 e. The van der Waals surface area contributed by atoms with Crippen LogP contribution < -0.4 is 4.90 Å². The van der Waals surface area contributed by atoms with Gasteiger partial charge in [0.1, 0.15) is 11.2 Å². The molecule has 0 N–H and O–H groups in total. The Morgan fingerprint density at radius 2 is 0.828 bits per heavy atom. The van der Waals surface area contributed by atoms with E-state index in [0.717, 1.165) is 44.4 Å². The normalized spacial score (nSPS) is 11.8. The third-order valence-electron chi connectivity index (χ3n) is 12.0. The van der Waals surface area contributed by atoms with Gasteiger partial charge in [-0.25, -0.2) is 0 Å². The smallest absolute Gasteiger partial charge is 0.143 e. The molecule has 0 aliphatic rings. The van der Waals surface area contributed by atoms with Crippen LogP contribution in [0.2, 0.25) is 0 Å². The summed E-state index contributed by atoms with van der Waals surface area (Å²) in [5, 5.41) is 14.3. The molecule has 0 radical (unpaired) electrons. The van der Waals surface area contributed by atoms with Crippen LogP contribution in [0.4, 0.5) is 17.1 Å². The highest BCUT2D eigenvalue weighted by atomic mass is 16.3. The molecule has 0 saturated heterocycles. The van der Waals surface area contributed by atoms with Gasteiger partial charge in [-0.15, -0.1) is 0 Å². The van der Waals surface area contributed by atoms with E-state index >= 15 is 0 Å². The van der Waals surface area contributed by atoms with Gasteiger partial charge in [0.15, 0.2) is 0 Å². The number of nitrogens with zero attached hydrogens (tertiary/aromatic N) is 1. The summed E-state index contributed by atoms with van der Waals surface area (Å²) in [4.78, 5) is 2.44. The molecule has 12 rings (SSSR count). The van der Waals surface area contributed by atoms with Gasteiger partial charge in [-0.2, -0.15) is 0 Å². The van der Waals surface area contributed by atoms with Gasteiger partial charge in [0.25, 0.3) is 0 Å². The third-order valence-corrected chi connectivity index (χ3v) is 12.0. The van der Waals surface area contributed by atoms with E-state index in [1.54, 1.807) is 0 Å². The fourth-order valence-corrected chi connectivity index (χ4v) is 9.42. The lowest BCUT2D eigenvalue weighted by Gasteiger charge is -2.28. The second-order valence-corrected chi connectivity index (χ2v) is 15.2. The van der Waals surface area contributed by atoms with Gasteiger partial charge < -0.3 is 9.32 Å². The van der Waals surface area contributed by atoms with Crippen molar-refractivity contribution in [2.75, 3.05) is 4.90 Å². The molecule has 1 heterocycles. The number of furan rings is 1. The molecule has 0 spiro atoms. The summed E-state index contributed by atoms with van der Waals surface area (Å²) < 4.78 is 6.78. The summed E-state index contributed by atoms with van der Waals surface area (Å²) in [5.41, 5.74) is 9.85. The molecule has 2 heteroatoms. The van der Waals surface area contributed by atoms with Gasteiger partial charge in [-0.1, -0.05) is 170 Å². The van der Waals surface area contributed by atoms with E-state index in [-0.39, 0.29) is 0 Å². The van der Waals surface area contributed by atoms with Crippen LogP contribution in [0, 0.1) is 0 Å². The van der Waals surface area contributed by atoms with E-state index in [0.29, 0.717) is 0 Å². The molecule has 0 unspecified atom stereocenters. The van der Waals surface area contributed by atoms with Crippen molar-refractivity contribution in [3.63, 3.8) is 0 Å². The minimum absolute atomic E-state index is 0.865. The van der Waals surface area contributed by atoms with E-state index in [1.807, 2.05) is 0 Å². The molecule has 12 aromatic rings. The minimum Gasteiger partial charge on any atom is -0.455 e. The molecule has 0 saturated carbocycles. The Balaban J connectivity index is 1.20. The van der Waals surface area contributed by atoms with Gasteiger partial charge in [-0.05, 0) is 113 Å². The van der Waals surface area contributed by atoms with E-state index in [2.05, 4.69) is 217 Å². The fraction of sp³-hybridized carbons (Fsp3) is 0. The Kier molecular flexibility index (Phi) is 7.26. The first-order chi connectivity index (χ1) is 28.8. The molecule has 270 valence electrons. The lowest BCUT2D eigenvalue weighted by molar-refractivity contribution is 0.672. The van der Waals surface area contributed by atoms with Crippen molar-refractivity contribution < 1.29 is 4.42 Å². The van der Waals surface area contributed by atoms with Gasteiger partial charge in [0.2, 0.25) is 0 Å². The van der Waals surface area contributed by atoms with Crippen LogP contribution in [0.3, 0.4) is 0 Å². The third kappa shape index (κ3) is 4.99. The summed E-state index contributed by atoms with van der Waals surface area (Å²) >= 11 is 0. The highest BCUT2D eigenvalue weighted by Gasteiger charge is 2.23. The minimum atomic E-state index is 0.865. The average molecular weight is 738 g/mol. The number of hydrogen-bond donors (Lipinski definition) is 0. The number of rotatable bonds is 5. The molecule has 0 fully saturated rings. The summed E-state index contributed by atoms with van der Waals surface area (Å²) in [6.45, 7) is 0. The first-order valence-corrected chi connectivity index (χ1v) is 19.9. The molecule has 0 atom stereocenters. The van der Waals surface area contributed by atoms with Crippen molar-refractivity contribution in [1.82, 2.24) is 0 Å². The Bertz CT molecular complexity index is 3570. The molecule has 0 aliphatic heterocycles. The van der Waals surface area contributed by atoms with Gasteiger partial charge in [-0.3, -0.25) is 0 Å². The van der Waals surface area contributed by atoms with E-state index in [9.17, 15) is 0 Å². The molecule has 1 aromatic heterocycles. The van der Waals surface area contributed by atoms with Crippen LogP contribution in [-0.2, 0) is 0 Å². The molecule has 0 bridgehead atoms. The second-order valence-electron chi connectivity index (χ2n) is 15.2. The molecule has 0 amide bonds. The quantitative estimate of drug-likeness (QED) is 0.164. The van der Waals surface area contributed by atoms with Crippen molar-refractivity contribution in [1.29, 1.82) is 0 Å². The Labute approximate surface area is 335 Å². The predicted octanol–water partition coefficient (Wildman–Crippen LogP) is 16.2. The topological polar surface area (TPSA) is 16.4 Å². The lowest BCUT2D eigenvalue weighted by atomic mass is 9.85. The summed E-state index contributed by atoms with van der Waals surface area (Å²) in [6, 6.07) is 77.1. The number of fused-ring (bicyclic) bond motifs is 11. The maximum Gasteiger partial charge on any atom is 0.143 e.